The summed E-state index contributed by atoms with van der Waals surface area (Å²) in [4.78, 5) is 12.5. The van der Waals surface area contributed by atoms with Crippen molar-refractivity contribution in [3.8, 4) is 22.9 Å². The van der Waals surface area contributed by atoms with Crippen LogP contribution in [0, 0.1) is 6.92 Å². The molecule has 1 aliphatic rings. The molecule has 0 aliphatic carbocycles. The summed E-state index contributed by atoms with van der Waals surface area (Å²) in [6.45, 7) is 3.13. The van der Waals surface area contributed by atoms with Crippen molar-refractivity contribution in [3.05, 3.63) is 77.7 Å². The largest absolute Gasteiger partial charge is 0.469 e. The molecule has 168 valence electrons. The lowest BCUT2D eigenvalue weighted by Gasteiger charge is -2.10. The van der Waals surface area contributed by atoms with Gasteiger partial charge < -0.3 is 19.2 Å². The van der Waals surface area contributed by atoms with Crippen LogP contribution in [-0.2, 0) is 17.9 Å². The molecule has 0 spiro atoms. The Morgan fingerprint density at radius 1 is 1.06 bits per heavy atom. The van der Waals surface area contributed by atoms with Crippen molar-refractivity contribution in [2.45, 2.75) is 25.2 Å². The lowest BCUT2D eigenvalue weighted by atomic mass is 10.2. The van der Waals surface area contributed by atoms with Crippen LogP contribution < -0.4 is 14.8 Å². The Balaban J connectivity index is 1.27. The fourth-order valence-corrected chi connectivity index (χ4v) is 4.32. The molecule has 5 rings (SSSR count). The molecule has 0 saturated heterocycles. The second-order valence-electron chi connectivity index (χ2n) is 7.52. The molecule has 0 unspecified atom stereocenters. The van der Waals surface area contributed by atoms with Crippen LogP contribution in [0.4, 0.5) is 0 Å². The number of carbonyl (C=O) groups is 1. The van der Waals surface area contributed by atoms with Gasteiger partial charge in [-0.3, -0.25) is 9.36 Å². The highest BCUT2D eigenvalue weighted by molar-refractivity contribution is 7.99. The van der Waals surface area contributed by atoms with Gasteiger partial charge in [0.1, 0.15) is 5.76 Å². The van der Waals surface area contributed by atoms with Crippen LogP contribution in [0.3, 0.4) is 0 Å². The van der Waals surface area contributed by atoms with E-state index in [1.807, 2.05) is 54.0 Å². The number of thioether (sulfide) groups is 1. The van der Waals surface area contributed by atoms with E-state index in [0.29, 0.717) is 29.8 Å². The van der Waals surface area contributed by atoms with Gasteiger partial charge in [0.2, 0.25) is 12.7 Å². The molecular weight excluding hydrogens is 440 g/mol. The maximum atomic E-state index is 12.5. The number of aromatic nitrogens is 3. The van der Waals surface area contributed by atoms with E-state index in [4.69, 9.17) is 13.9 Å². The third kappa shape index (κ3) is 4.73. The number of ether oxygens (including phenoxy) is 2. The van der Waals surface area contributed by atoms with Crippen LogP contribution in [0.1, 0.15) is 16.9 Å². The number of nitrogens with one attached hydrogen (secondary N) is 1. The summed E-state index contributed by atoms with van der Waals surface area (Å²) in [5.74, 6) is 3.05. The Morgan fingerprint density at radius 3 is 2.73 bits per heavy atom. The van der Waals surface area contributed by atoms with Crippen molar-refractivity contribution in [1.29, 1.82) is 0 Å². The standard InChI is InChI=1S/C24H22N4O4S/c1-16-19(9-10-30-16)23-26-27-24(28(23)13-17-5-3-2-4-6-17)33-14-22(29)25-12-18-7-8-20-21(11-18)32-15-31-20/h2-11H,12-15H2,1H3,(H,25,29). The molecule has 33 heavy (non-hydrogen) atoms. The number of carbonyl (C=O) groups excluding carboxylic acids is 1. The summed E-state index contributed by atoms with van der Waals surface area (Å²) < 4.78 is 18.2. The molecule has 0 radical (unpaired) electrons. The minimum atomic E-state index is -0.0898. The van der Waals surface area contributed by atoms with Crippen molar-refractivity contribution >= 4 is 17.7 Å². The van der Waals surface area contributed by atoms with Crippen LogP contribution in [0.5, 0.6) is 11.5 Å². The summed E-state index contributed by atoms with van der Waals surface area (Å²) >= 11 is 1.36. The fourth-order valence-electron chi connectivity index (χ4n) is 3.55. The van der Waals surface area contributed by atoms with Crippen LogP contribution >= 0.6 is 11.8 Å². The summed E-state index contributed by atoms with van der Waals surface area (Å²) in [6.07, 6.45) is 1.64. The maximum absolute atomic E-state index is 12.5. The van der Waals surface area contributed by atoms with E-state index in [0.717, 1.165) is 28.2 Å². The number of furan rings is 1. The van der Waals surface area contributed by atoms with Gasteiger partial charge in [-0.15, -0.1) is 10.2 Å². The number of amides is 1. The summed E-state index contributed by atoms with van der Waals surface area (Å²) in [6, 6.07) is 17.6. The number of nitrogens with zero attached hydrogens (tertiary/aromatic N) is 3. The molecular formula is C24H22N4O4S. The van der Waals surface area contributed by atoms with Gasteiger partial charge in [0.05, 0.1) is 24.1 Å². The summed E-state index contributed by atoms with van der Waals surface area (Å²) in [7, 11) is 0. The Morgan fingerprint density at radius 2 is 1.91 bits per heavy atom. The lowest BCUT2D eigenvalue weighted by molar-refractivity contribution is -0.118. The Bertz CT molecular complexity index is 1270. The fraction of sp³-hybridized carbons (Fsp3) is 0.208. The van der Waals surface area contributed by atoms with Crippen molar-refractivity contribution < 1.29 is 18.7 Å². The van der Waals surface area contributed by atoms with Gasteiger partial charge in [0.25, 0.3) is 0 Å². The predicted molar refractivity (Wildman–Crippen MR) is 123 cm³/mol. The first kappa shape index (κ1) is 21.1. The van der Waals surface area contributed by atoms with E-state index in [1.165, 1.54) is 11.8 Å². The average molecular weight is 463 g/mol. The van der Waals surface area contributed by atoms with Crippen molar-refractivity contribution in [2.75, 3.05) is 12.5 Å². The Labute approximate surface area is 194 Å². The third-order valence-corrected chi connectivity index (χ3v) is 6.23. The first-order valence-electron chi connectivity index (χ1n) is 10.5. The minimum Gasteiger partial charge on any atom is -0.469 e. The van der Waals surface area contributed by atoms with Gasteiger partial charge in [-0.2, -0.15) is 0 Å². The molecule has 4 aromatic rings. The number of fused-ring (bicyclic) bond motifs is 1. The summed E-state index contributed by atoms with van der Waals surface area (Å²) in [5, 5.41) is 12.4. The molecule has 8 nitrogen and oxygen atoms in total. The first-order chi connectivity index (χ1) is 16.2. The normalized spacial score (nSPS) is 12.2. The molecule has 1 amide bonds. The average Bonchev–Trinajstić information content (AvgIpc) is 3.56. The topological polar surface area (TPSA) is 91.4 Å². The number of benzene rings is 2. The van der Waals surface area contributed by atoms with Gasteiger partial charge in [0.15, 0.2) is 22.5 Å². The third-order valence-electron chi connectivity index (χ3n) is 5.26. The SMILES string of the molecule is Cc1occc1-c1nnc(SCC(=O)NCc2ccc3c(c2)OCO3)n1Cc1ccccc1. The zero-order valence-electron chi connectivity index (χ0n) is 18.0. The zero-order chi connectivity index (χ0) is 22.6. The van der Waals surface area contributed by atoms with Gasteiger partial charge in [-0.05, 0) is 36.2 Å². The molecule has 1 aliphatic heterocycles. The molecule has 1 N–H and O–H groups in total. The van der Waals surface area contributed by atoms with Crippen molar-refractivity contribution in [2.24, 2.45) is 0 Å². The molecule has 2 aromatic carbocycles. The number of hydrogen-bond acceptors (Lipinski definition) is 7. The molecule has 0 bridgehead atoms. The van der Waals surface area contributed by atoms with E-state index in [2.05, 4.69) is 27.6 Å². The summed E-state index contributed by atoms with van der Waals surface area (Å²) in [5.41, 5.74) is 2.95. The van der Waals surface area contributed by atoms with Gasteiger partial charge in [0, 0.05) is 6.54 Å². The number of hydrogen-bond donors (Lipinski definition) is 1. The second-order valence-corrected chi connectivity index (χ2v) is 8.46. The Hall–Kier alpha value is -3.72. The van der Waals surface area contributed by atoms with Gasteiger partial charge >= 0.3 is 0 Å². The number of rotatable bonds is 8. The molecule has 9 heteroatoms. The van der Waals surface area contributed by atoms with E-state index in [9.17, 15) is 4.79 Å². The van der Waals surface area contributed by atoms with Gasteiger partial charge in [-0.1, -0.05) is 48.2 Å². The highest BCUT2D eigenvalue weighted by atomic mass is 32.2. The zero-order valence-corrected chi connectivity index (χ0v) is 18.8. The highest BCUT2D eigenvalue weighted by Crippen LogP contribution is 2.32. The molecule has 3 heterocycles. The van der Waals surface area contributed by atoms with Crippen LogP contribution in [-0.4, -0.2) is 33.2 Å². The quantitative estimate of drug-likeness (QED) is 0.395. The smallest absolute Gasteiger partial charge is 0.231 e. The van der Waals surface area contributed by atoms with Crippen molar-refractivity contribution in [3.63, 3.8) is 0 Å². The van der Waals surface area contributed by atoms with E-state index in [-0.39, 0.29) is 18.5 Å². The second kappa shape index (κ2) is 9.41. The monoisotopic (exact) mass is 462 g/mol. The minimum absolute atomic E-state index is 0.0898. The Kier molecular flexibility index (Phi) is 6.03. The molecule has 2 aromatic heterocycles. The first-order valence-corrected chi connectivity index (χ1v) is 11.5. The molecule has 0 fully saturated rings. The van der Waals surface area contributed by atoms with Crippen LogP contribution in [0.2, 0.25) is 0 Å². The van der Waals surface area contributed by atoms with Crippen LogP contribution in [0.15, 0.2) is 70.4 Å². The van der Waals surface area contributed by atoms with E-state index >= 15 is 0 Å². The number of aryl methyl sites for hydroxylation is 1. The van der Waals surface area contributed by atoms with Gasteiger partial charge in [-0.25, -0.2) is 0 Å². The molecule has 0 saturated carbocycles. The van der Waals surface area contributed by atoms with E-state index < -0.39 is 0 Å². The lowest BCUT2D eigenvalue weighted by Crippen LogP contribution is -2.24. The maximum Gasteiger partial charge on any atom is 0.231 e. The predicted octanol–water partition coefficient (Wildman–Crippen LogP) is 4.03. The van der Waals surface area contributed by atoms with E-state index in [1.54, 1.807) is 6.26 Å². The van der Waals surface area contributed by atoms with Crippen molar-refractivity contribution in [1.82, 2.24) is 20.1 Å². The van der Waals surface area contributed by atoms with Crippen LogP contribution in [0.25, 0.3) is 11.4 Å². The molecule has 0 atom stereocenters. The highest BCUT2D eigenvalue weighted by Gasteiger charge is 2.19.